The van der Waals surface area contributed by atoms with E-state index in [4.69, 9.17) is 14.2 Å². The number of ether oxygens (including phenoxy) is 3. The van der Waals surface area contributed by atoms with Gasteiger partial charge in [-0.15, -0.1) is 0 Å². The Balaban J connectivity index is 1.25. The second-order valence-electron chi connectivity index (χ2n) is 11.0. The van der Waals surface area contributed by atoms with E-state index in [2.05, 4.69) is 5.32 Å². The molecule has 2 aliphatic rings. The van der Waals surface area contributed by atoms with E-state index in [1.165, 1.54) is 0 Å². The van der Waals surface area contributed by atoms with E-state index in [0.29, 0.717) is 64.5 Å². The summed E-state index contributed by atoms with van der Waals surface area (Å²) in [6.45, 7) is 8.15. The Morgan fingerprint density at radius 1 is 1.09 bits per heavy atom. The lowest BCUT2D eigenvalue weighted by atomic mass is 9.83. The van der Waals surface area contributed by atoms with E-state index >= 15 is 0 Å². The summed E-state index contributed by atoms with van der Waals surface area (Å²) in [6.07, 6.45) is 4.75. The topological polar surface area (TPSA) is 97.3 Å². The molecule has 0 radical (unpaired) electrons. The normalized spacial score (nSPS) is 23.5. The molecule has 1 aromatic carbocycles. The molecule has 0 unspecified atom stereocenters. The molecule has 0 spiro atoms. The molecular weight excluding hydrogens is 448 g/mol. The second kappa shape index (κ2) is 12.6. The third-order valence-corrected chi connectivity index (χ3v) is 6.76. The summed E-state index contributed by atoms with van der Waals surface area (Å²) < 4.78 is 16.6. The van der Waals surface area contributed by atoms with Crippen LogP contribution >= 0.6 is 0 Å². The third-order valence-electron chi connectivity index (χ3n) is 6.76. The predicted molar refractivity (Wildman–Crippen MR) is 133 cm³/mol. The van der Waals surface area contributed by atoms with E-state index in [1.54, 1.807) is 4.90 Å². The molecule has 2 fully saturated rings. The number of hydrogen-bond donors (Lipinski definition) is 2. The Morgan fingerprint density at radius 3 is 2.37 bits per heavy atom. The largest absolute Gasteiger partial charge is 0.445 e. The molecule has 3 rings (SSSR count). The maximum Gasteiger partial charge on any atom is 0.410 e. The van der Waals surface area contributed by atoms with Crippen molar-refractivity contribution in [3.8, 4) is 0 Å². The average molecular weight is 491 g/mol. The Kier molecular flexibility index (Phi) is 9.80. The van der Waals surface area contributed by atoms with Gasteiger partial charge in [0.25, 0.3) is 0 Å². The first-order chi connectivity index (χ1) is 16.6. The Hall–Kier alpha value is -2.32. The quantitative estimate of drug-likeness (QED) is 0.515. The minimum Gasteiger partial charge on any atom is -0.445 e. The molecule has 196 valence electrons. The van der Waals surface area contributed by atoms with Gasteiger partial charge in [0, 0.05) is 25.7 Å². The van der Waals surface area contributed by atoms with Crippen molar-refractivity contribution in [1.29, 1.82) is 0 Å². The number of nitrogens with one attached hydrogen (secondary N) is 1. The van der Waals surface area contributed by atoms with Crippen LogP contribution in [0, 0.1) is 5.92 Å². The Morgan fingerprint density at radius 2 is 1.74 bits per heavy atom. The van der Waals surface area contributed by atoms with Gasteiger partial charge in [-0.25, -0.2) is 9.59 Å². The molecular formula is C27H42N2O6. The van der Waals surface area contributed by atoms with Crippen LogP contribution in [0.25, 0.3) is 0 Å². The van der Waals surface area contributed by atoms with E-state index in [-0.39, 0.29) is 12.1 Å². The van der Waals surface area contributed by atoms with Crippen molar-refractivity contribution in [2.75, 3.05) is 26.3 Å². The lowest BCUT2D eigenvalue weighted by molar-refractivity contribution is -0.0748. The first-order valence-electron chi connectivity index (χ1n) is 12.9. The number of amides is 2. The molecule has 0 atom stereocenters. The Labute approximate surface area is 209 Å². The SMILES string of the molecule is CC(C)(C)OC(=O)NC1CCC(O)(COCCC2CCN(C(=O)OCc3ccccc3)CC2)CC1. The first kappa shape index (κ1) is 27.3. The van der Waals surface area contributed by atoms with E-state index in [1.807, 2.05) is 51.1 Å². The van der Waals surface area contributed by atoms with E-state index < -0.39 is 17.3 Å². The lowest BCUT2D eigenvalue weighted by Gasteiger charge is -2.36. The fourth-order valence-corrected chi connectivity index (χ4v) is 4.65. The van der Waals surface area contributed by atoms with E-state index in [9.17, 15) is 14.7 Å². The summed E-state index contributed by atoms with van der Waals surface area (Å²) >= 11 is 0. The predicted octanol–water partition coefficient (Wildman–Crippen LogP) is 4.64. The Bertz CT molecular complexity index is 794. The molecule has 1 aromatic rings. The maximum atomic E-state index is 12.3. The number of hydrogen-bond acceptors (Lipinski definition) is 6. The molecule has 1 saturated heterocycles. The van der Waals surface area contributed by atoms with Crippen molar-refractivity contribution in [2.24, 2.45) is 5.92 Å². The molecule has 0 bridgehead atoms. The molecule has 1 heterocycles. The highest BCUT2D eigenvalue weighted by Gasteiger charge is 2.34. The van der Waals surface area contributed by atoms with Crippen molar-refractivity contribution in [3.05, 3.63) is 35.9 Å². The number of carbonyl (C=O) groups is 2. The summed E-state index contributed by atoms with van der Waals surface area (Å²) in [4.78, 5) is 26.0. The highest BCUT2D eigenvalue weighted by molar-refractivity contribution is 5.68. The monoisotopic (exact) mass is 490 g/mol. The van der Waals surface area contributed by atoms with Crippen molar-refractivity contribution in [3.63, 3.8) is 0 Å². The van der Waals surface area contributed by atoms with Crippen molar-refractivity contribution in [2.45, 2.75) is 89.6 Å². The summed E-state index contributed by atoms with van der Waals surface area (Å²) in [5.41, 5.74) is -0.365. The third kappa shape index (κ3) is 9.68. The number of alkyl carbamates (subject to hydrolysis) is 1. The van der Waals surface area contributed by atoms with Gasteiger partial charge in [-0.2, -0.15) is 0 Å². The zero-order valence-corrected chi connectivity index (χ0v) is 21.5. The summed E-state index contributed by atoms with van der Waals surface area (Å²) in [5, 5.41) is 13.7. The molecule has 2 N–H and O–H groups in total. The van der Waals surface area contributed by atoms with Gasteiger partial charge < -0.3 is 29.5 Å². The zero-order chi connectivity index (χ0) is 25.3. The standard InChI is InChI=1S/C27H42N2O6/c1-26(2,3)35-24(30)28-23-9-14-27(32,15-10-23)20-33-18-13-21-11-16-29(17-12-21)25(31)34-19-22-7-5-4-6-8-22/h4-8,21,23,32H,9-20H2,1-3H3,(H,28,30). The average Bonchev–Trinajstić information content (AvgIpc) is 2.82. The van der Waals surface area contributed by atoms with Crippen LogP contribution in [0.15, 0.2) is 30.3 Å². The van der Waals surface area contributed by atoms with Gasteiger partial charge in [0.1, 0.15) is 12.2 Å². The van der Waals surface area contributed by atoms with Gasteiger partial charge in [0.05, 0.1) is 12.2 Å². The highest BCUT2D eigenvalue weighted by Crippen LogP contribution is 2.29. The van der Waals surface area contributed by atoms with Crippen LogP contribution in [-0.4, -0.2) is 65.7 Å². The second-order valence-corrected chi connectivity index (χ2v) is 11.0. The number of piperidine rings is 1. The molecule has 1 saturated carbocycles. The number of benzene rings is 1. The van der Waals surface area contributed by atoms with Gasteiger partial charge in [0.2, 0.25) is 0 Å². The molecule has 35 heavy (non-hydrogen) atoms. The van der Waals surface area contributed by atoms with Crippen LogP contribution in [-0.2, 0) is 20.8 Å². The number of carbonyl (C=O) groups excluding carboxylic acids is 2. The summed E-state index contributed by atoms with van der Waals surface area (Å²) in [5.74, 6) is 0.511. The minimum atomic E-state index is -0.835. The fourth-order valence-electron chi connectivity index (χ4n) is 4.65. The number of likely N-dealkylation sites (tertiary alicyclic amines) is 1. The van der Waals surface area contributed by atoms with Crippen LogP contribution in [0.5, 0.6) is 0 Å². The van der Waals surface area contributed by atoms with Crippen LogP contribution in [0.2, 0.25) is 0 Å². The fraction of sp³-hybridized carbons (Fsp3) is 0.704. The van der Waals surface area contributed by atoms with Crippen LogP contribution in [0.1, 0.15) is 71.3 Å². The lowest BCUT2D eigenvalue weighted by Crippen LogP contribution is -2.46. The van der Waals surface area contributed by atoms with Crippen LogP contribution in [0.3, 0.4) is 0 Å². The number of rotatable bonds is 8. The molecule has 2 amide bonds. The van der Waals surface area contributed by atoms with Crippen molar-refractivity contribution >= 4 is 12.2 Å². The minimum absolute atomic E-state index is 0.0229. The van der Waals surface area contributed by atoms with Gasteiger partial charge in [-0.05, 0) is 77.2 Å². The maximum absolute atomic E-state index is 12.3. The molecule has 1 aliphatic carbocycles. The van der Waals surface area contributed by atoms with Gasteiger partial charge >= 0.3 is 12.2 Å². The summed E-state index contributed by atoms with van der Waals surface area (Å²) in [7, 11) is 0. The van der Waals surface area contributed by atoms with Gasteiger partial charge in [0.15, 0.2) is 0 Å². The molecule has 8 nitrogen and oxygen atoms in total. The van der Waals surface area contributed by atoms with Crippen molar-refractivity contribution < 1.29 is 28.9 Å². The van der Waals surface area contributed by atoms with Crippen LogP contribution in [0.4, 0.5) is 9.59 Å². The van der Waals surface area contributed by atoms with E-state index in [0.717, 1.165) is 24.8 Å². The molecule has 1 aliphatic heterocycles. The first-order valence-corrected chi connectivity index (χ1v) is 12.9. The highest BCUT2D eigenvalue weighted by atomic mass is 16.6. The zero-order valence-electron chi connectivity index (χ0n) is 21.5. The van der Waals surface area contributed by atoms with Gasteiger partial charge in [-0.1, -0.05) is 30.3 Å². The van der Waals surface area contributed by atoms with Crippen LogP contribution < -0.4 is 5.32 Å². The molecule has 0 aromatic heterocycles. The summed E-state index contributed by atoms with van der Waals surface area (Å²) in [6, 6.07) is 9.73. The number of nitrogens with zero attached hydrogens (tertiary/aromatic N) is 1. The van der Waals surface area contributed by atoms with Gasteiger partial charge in [-0.3, -0.25) is 0 Å². The van der Waals surface area contributed by atoms with Crippen molar-refractivity contribution in [1.82, 2.24) is 10.2 Å². The smallest absolute Gasteiger partial charge is 0.410 e. The number of aliphatic hydroxyl groups is 1. The molecule has 8 heteroatoms.